The summed E-state index contributed by atoms with van der Waals surface area (Å²) in [6.07, 6.45) is 4.62. The Labute approximate surface area is 104 Å². The number of hydrogen-bond acceptors (Lipinski definition) is 4. The summed E-state index contributed by atoms with van der Waals surface area (Å²) in [6, 6.07) is 0.604. The van der Waals surface area contributed by atoms with Gasteiger partial charge in [-0.1, -0.05) is 13.3 Å². The number of ether oxygens (including phenoxy) is 1. The molecule has 2 heterocycles. The van der Waals surface area contributed by atoms with Crippen molar-refractivity contribution in [2.24, 2.45) is 5.92 Å². The van der Waals surface area contributed by atoms with Crippen LogP contribution in [0.3, 0.4) is 0 Å². The Morgan fingerprint density at radius 3 is 3.12 bits per heavy atom. The second-order valence-corrected chi connectivity index (χ2v) is 5.23. The number of esters is 1. The molecular weight excluding hydrogens is 216 g/mol. The fraction of sp³-hybridized carbons (Fsp3) is 0.923. The third-order valence-corrected chi connectivity index (χ3v) is 3.79. The summed E-state index contributed by atoms with van der Waals surface area (Å²) in [6.45, 7) is 6.35. The van der Waals surface area contributed by atoms with Gasteiger partial charge in [-0.25, -0.2) is 0 Å². The maximum absolute atomic E-state index is 11.6. The van der Waals surface area contributed by atoms with Gasteiger partial charge in [-0.3, -0.25) is 9.69 Å². The van der Waals surface area contributed by atoms with E-state index in [0.29, 0.717) is 19.2 Å². The molecule has 0 radical (unpaired) electrons. The third kappa shape index (κ3) is 3.68. The van der Waals surface area contributed by atoms with Crippen molar-refractivity contribution in [2.45, 2.75) is 38.6 Å². The van der Waals surface area contributed by atoms with Gasteiger partial charge in [0, 0.05) is 19.1 Å². The SMILES string of the molecule is CCCCOC(=O)CN1C[C@@H]2CCCN[C@@H]2C1. The normalized spacial score (nSPS) is 29.0. The Bertz CT molecular complexity index is 244. The molecule has 2 saturated heterocycles. The van der Waals surface area contributed by atoms with Gasteiger partial charge in [0.1, 0.15) is 0 Å². The van der Waals surface area contributed by atoms with Crippen molar-refractivity contribution in [1.29, 1.82) is 0 Å². The predicted octanol–water partition coefficient (Wildman–Crippen LogP) is 1.01. The van der Waals surface area contributed by atoms with Gasteiger partial charge in [0.25, 0.3) is 0 Å². The molecule has 2 atom stereocenters. The number of unbranched alkanes of at least 4 members (excludes halogenated alkanes) is 1. The summed E-state index contributed by atoms with van der Waals surface area (Å²) in [5, 5.41) is 3.54. The number of fused-ring (bicyclic) bond motifs is 1. The van der Waals surface area contributed by atoms with E-state index >= 15 is 0 Å². The molecule has 0 unspecified atom stereocenters. The Hall–Kier alpha value is -0.610. The molecular formula is C13H24N2O2. The second kappa shape index (κ2) is 6.36. The Morgan fingerprint density at radius 1 is 1.47 bits per heavy atom. The Balaban J connectivity index is 1.68. The molecule has 1 N–H and O–H groups in total. The highest BCUT2D eigenvalue weighted by Crippen LogP contribution is 2.24. The van der Waals surface area contributed by atoms with Crippen molar-refractivity contribution < 1.29 is 9.53 Å². The first-order chi connectivity index (χ1) is 8.29. The molecule has 0 saturated carbocycles. The standard InChI is InChI=1S/C13H24N2O2/c1-2-3-7-17-13(16)10-15-8-11-5-4-6-14-12(11)9-15/h11-12,14H,2-10H2,1H3/t11-,12+/m0/s1. The maximum atomic E-state index is 11.6. The largest absolute Gasteiger partial charge is 0.465 e. The average Bonchev–Trinajstić information content (AvgIpc) is 2.71. The molecule has 2 aliphatic heterocycles. The molecule has 4 nitrogen and oxygen atoms in total. The number of carbonyl (C=O) groups excluding carboxylic acids is 1. The fourth-order valence-corrected chi connectivity index (χ4v) is 2.82. The molecule has 0 aromatic carbocycles. The van der Waals surface area contributed by atoms with Gasteiger partial charge in [-0.15, -0.1) is 0 Å². The number of nitrogens with one attached hydrogen (secondary N) is 1. The van der Waals surface area contributed by atoms with Gasteiger partial charge < -0.3 is 10.1 Å². The molecule has 2 aliphatic rings. The van der Waals surface area contributed by atoms with Crippen molar-refractivity contribution in [3.63, 3.8) is 0 Å². The van der Waals surface area contributed by atoms with E-state index in [1.807, 2.05) is 0 Å². The number of nitrogens with zero attached hydrogens (tertiary/aromatic N) is 1. The van der Waals surface area contributed by atoms with E-state index in [0.717, 1.165) is 38.4 Å². The summed E-state index contributed by atoms with van der Waals surface area (Å²) in [5.74, 6) is 0.685. The van der Waals surface area contributed by atoms with Crippen LogP contribution in [0, 0.1) is 5.92 Å². The van der Waals surface area contributed by atoms with Crippen molar-refractivity contribution >= 4 is 5.97 Å². The molecule has 4 heteroatoms. The van der Waals surface area contributed by atoms with Crippen LogP contribution < -0.4 is 5.32 Å². The van der Waals surface area contributed by atoms with Crippen molar-refractivity contribution in [3.05, 3.63) is 0 Å². The number of hydrogen-bond donors (Lipinski definition) is 1. The van der Waals surface area contributed by atoms with Crippen LogP contribution in [0.1, 0.15) is 32.6 Å². The van der Waals surface area contributed by atoms with Gasteiger partial charge in [0.05, 0.1) is 13.2 Å². The summed E-state index contributed by atoms with van der Waals surface area (Å²) < 4.78 is 5.20. The summed E-state index contributed by atoms with van der Waals surface area (Å²) in [5.41, 5.74) is 0. The molecule has 2 rings (SSSR count). The Kier molecular flexibility index (Phi) is 4.80. The van der Waals surface area contributed by atoms with Crippen LogP contribution in [-0.4, -0.2) is 49.7 Å². The van der Waals surface area contributed by atoms with E-state index in [1.54, 1.807) is 0 Å². The van der Waals surface area contributed by atoms with E-state index in [2.05, 4.69) is 17.1 Å². The number of piperidine rings is 1. The minimum absolute atomic E-state index is 0.0582. The summed E-state index contributed by atoms with van der Waals surface area (Å²) >= 11 is 0. The smallest absolute Gasteiger partial charge is 0.320 e. The predicted molar refractivity (Wildman–Crippen MR) is 66.8 cm³/mol. The number of rotatable bonds is 5. The van der Waals surface area contributed by atoms with Gasteiger partial charge in [0.2, 0.25) is 0 Å². The van der Waals surface area contributed by atoms with Crippen LogP contribution in [0.15, 0.2) is 0 Å². The molecule has 0 amide bonds. The average molecular weight is 240 g/mol. The van der Waals surface area contributed by atoms with Gasteiger partial charge in [0.15, 0.2) is 0 Å². The zero-order valence-electron chi connectivity index (χ0n) is 10.8. The zero-order valence-corrected chi connectivity index (χ0v) is 10.8. The van der Waals surface area contributed by atoms with E-state index in [9.17, 15) is 4.79 Å². The van der Waals surface area contributed by atoms with Crippen LogP contribution >= 0.6 is 0 Å². The first-order valence-electron chi connectivity index (χ1n) is 6.91. The van der Waals surface area contributed by atoms with Crippen LogP contribution in [0.25, 0.3) is 0 Å². The lowest BCUT2D eigenvalue weighted by Gasteiger charge is -2.24. The summed E-state index contributed by atoms with van der Waals surface area (Å²) in [7, 11) is 0. The number of carbonyl (C=O) groups is 1. The first kappa shape index (κ1) is 12.8. The molecule has 0 aromatic heterocycles. The molecule has 2 fully saturated rings. The third-order valence-electron chi connectivity index (χ3n) is 3.79. The first-order valence-corrected chi connectivity index (χ1v) is 6.91. The molecule has 0 aliphatic carbocycles. The lowest BCUT2D eigenvalue weighted by atomic mass is 9.94. The van der Waals surface area contributed by atoms with Crippen LogP contribution in [0.4, 0.5) is 0 Å². The highest BCUT2D eigenvalue weighted by Gasteiger charge is 2.34. The van der Waals surface area contributed by atoms with Crippen LogP contribution in [0.5, 0.6) is 0 Å². The lowest BCUT2D eigenvalue weighted by molar-refractivity contribution is -0.144. The lowest BCUT2D eigenvalue weighted by Crippen LogP contribution is -2.41. The number of likely N-dealkylation sites (tertiary alicyclic amines) is 1. The molecule has 17 heavy (non-hydrogen) atoms. The van der Waals surface area contributed by atoms with Crippen molar-refractivity contribution in [1.82, 2.24) is 10.2 Å². The van der Waals surface area contributed by atoms with E-state index in [-0.39, 0.29) is 5.97 Å². The Morgan fingerprint density at radius 2 is 2.35 bits per heavy atom. The minimum atomic E-state index is -0.0582. The van der Waals surface area contributed by atoms with Gasteiger partial charge in [-0.05, 0) is 31.7 Å². The summed E-state index contributed by atoms with van der Waals surface area (Å²) in [4.78, 5) is 13.8. The van der Waals surface area contributed by atoms with Crippen molar-refractivity contribution in [3.8, 4) is 0 Å². The quantitative estimate of drug-likeness (QED) is 0.575. The van der Waals surface area contributed by atoms with Gasteiger partial charge in [-0.2, -0.15) is 0 Å². The molecule has 0 aromatic rings. The second-order valence-electron chi connectivity index (χ2n) is 5.23. The highest BCUT2D eigenvalue weighted by molar-refractivity contribution is 5.71. The van der Waals surface area contributed by atoms with Crippen LogP contribution in [-0.2, 0) is 9.53 Å². The van der Waals surface area contributed by atoms with Gasteiger partial charge >= 0.3 is 5.97 Å². The molecule has 0 bridgehead atoms. The highest BCUT2D eigenvalue weighted by atomic mass is 16.5. The zero-order chi connectivity index (χ0) is 12.1. The minimum Gasteiger partial charge on any atom is -0.465 e. The topological polar surface area (TPSA) is 41.6 Å². The van der Waals surface area contributed by atoms with Crippen LogP contribution in [0.2, 0.25) is 0 Å². The molecule has 98 valence electrons. The van der Waals surface area contributed by atoms with E-state index < -0.39 is 0 Å². The van der Waals surface area contributed by atoms with E-state index in [1.165, 1.54) is 12.8 Å². The van der Waals surface area contributed by atoms with Crippen molar-refractivity contribution in [2.75, 3.05) is 32.8 Å². The van der Waals surface area contributed by atoms with E-state index in [4.69, 9.17) is 4.74 Å². The fourth-order valence-electron chi connectivity index (χ4n) is 2.82. The monoisotopic (exact) mass is 240 g/mol. The molecule has 0 spiro atoms. The maximum Gasteiger partial charge on any atom is 0.320 e.